The Bertz CT molecular complexity index is 1320. The fraction of sp³-hybridized carbons (Fsp3) is 0.726. The first-order valence-corrected chi connectivity index (χ1v) is 28.6. The number of esters is 3. The van der Waals surface area contributed by atoms with Gasteiger partial charge in [0.2, 0.25) is 0 Å². The van der Waals surface area contributed by atoms with Crippen LogP contribution in [0.1, 0.15) is 271 Å². The topological polar surface area (TPSA) is 78.9 Å². The Hall–Kier alpha value is -3.41. The van der Waals surface area contributed by atoms with Crippen molar-refractivity contribution in [1.29, 1.82) is 0 Å². The molecule has 0 bridgehead atoms. The van der Waals surface area contributed by atoms with Crippen LogP contribution in [-0.2, 0) is 28.6 Å². The lowest BCUT2D eigenvalue weighted by molar-refractivity contribution is -0.167. The zero-order valence-corrected chi connectivity index (χ0v) is 44.6. The van der Waals surface area contributed by atoms with Gasteiger partial charge in [-0.25, -0.2) is 0 Å². The lowest BCUT2D eigenvalue weighted by Crippen LogP contribution is -2.30. The minimum absolute atomic E-state index is 0.0867. The molecule has 0 N–H and O–H groups in total. The van der Waals surface area contributed by atoms with E-state index in [1.807, 2.05) is 0 Å². The predicted molar refractivity (Wildman–Crippen MR) is 293 cm³/mol. The van der Waals surface area contributed by atoms with Gasteiger partial charge >= 0.3 is 17.9 Å². The third-order valence-corrected chi connectivity index (χ3v) is 12.2. The molecular weight excluding hydrogens is 841 g/mol. The molecule has 68 heavy (non-hydrogen) atoms. The maximum absolute atomic E-state index is 12.9. The van der Waals surface area contributed by atoms with Crippen molar-refractivity contribution in [3.63, 3.8) is 0 Å². The molecular formula is C62H106O6. The first kappa shape index (κ1) is 64.6. The van der Waals surface area contributed by atoms with E-state index in [9.17, 15) is 14.4 Å². The molecule has 0 saturated heterocycles. The smallest absolute Gasteiger partial charge is 0.306 e. The predicted octanol–water partition coefficient (Wildman–Crippen LogP) is 19.2. The minimum Gasteiger partial charge on any atom is -0.462 e. The number of allylic oxidation sites excluding steroid dienone is 14. The second-order valence-corrected chi connectivity index (χ2v) is 18.9. The Morgan fingerprint density at radius 1 is 0.324 bits per heavy atom. The summed E-state index contributed by atoms with van der Waals surface area (Å²) in [6.45, 7) is 6.48. The zero-order valence-electron chi connectivity index (χ0n) is 44.6. The van der Waals surface area contributed by atoms with Crippen LogP contribution in [0.4, 0.5) is 0 Å². The van der Waals surface area contributed by atoms with Gasteiger partial charge in [-0.1, -0.05) is 247 Å². The fourth-order valence-electron chi connectivity index (χ4n) is 7.87. The maximum atomic E-state index is 12.9. The second-order valence-electron chi connectivity index (χ2n) is 18.9. The Balaban J connectivity index is 4.42. The van der Waals surface area contributed by atoms with E-state index >= 15 is 0 Å². The van der Waals surface area contributed by atoms with E-state index in [2.05, 4.69) is 106 Å². The molecule has 0 saturated carbocycles. The molecule has 0 aliphatic rings. The number of unbranched alkanes of at least 4 members (excludes halogenated alkanes) is 27. The first-order chi connectivity index (χ1) is 33.5. The van der Waals surface area contributed by atoms with Crippen LogP contribution < -0.4 is 0 Å². The summed E-state index contributed by atoms with van der Waals surface area (Å²) in [4.78, 5) is 38.1. The van der Waals surface area contributed by atoms with Crippen LogP contribution in [-0.4, -0.2) is 37.2 Å². The molecule has 6 nitrogen and oxygen atoms in total. The number of carbonyl (C=O) groups excluding carboxylic acids is 3. The Kier molecular flexibility index (Phi) is 53.4. The molecule has 0 fully saturated rings. The molecule has 1 unspecified atom stereocenters. The highest BCUT2D eigenvalue weighted by molar-refractivity contribution is 5.71. The quantitative estimate of drug-likeness (QED) is 0.0199. The SMILES string of the molecule is CC/C=C\C/C=C\C/C=C\C/C=C\C/C=C\CCCCCC(=O)OCC(COC(=O)CCCCCCCCCCCCCC)OC(=O)CCCCCCCCCCCC/C=C\C=C/CCCCC. The van der Waals surface area contributed by atoms with Crippen molar-refractivity contribution in [3.05, 3.63) is 85.1 Å². The highest BCUT2D eigenvalue weighted by atomic mass is 16.6. The Labute approximate surface area is 420 Å². The fourth-order valence-corrected chi connectivity index (χ4v) is 7.87. The number of hydrogen-bond donors (Lipinski definition) is 0. The van der Waals surface area contributed by atoms with Crippen LogP contribution in [0, 0.1) is 0 Å². The molecule has 0 rings (SSSR count). The summed E-state index contributed by atoms with van der Waals surface area (Å²) in [5.41, 5.74) is 0. The average molecular weight is 948 g/mol. The van der Waals surface area contributed by atoms with Gasteiger partial charge in [-0.05, 0) is 89.9 Å². The van der Waals surface area contributed by atoms with Crippen molar-refractivity contribution in [3.8, 4) is 0 Å². The summed E-state index contributed by atoms with van der Waals surface area (Å²) < 4.78 is 16.8. The van der Waals surface area contributed by atoms with Crippen molar-refractivity contribution in [2.45, 2.75) is 277 Å². The van der Waals surface area contributed by atoms with E-state index in [0.717, 1.165) is 96.3 Å². The van der Waals surface area contributed by atoms with E-state index in [0.29, 0.717) is 19.3 Å². The van der Waals surface area contributed by atoms with E-state index in [4.69, 9.17) is 14.2 Å². The van der Waals surface area contributed by atoms with Crippen molar-refractivity contribution >= 4 is 17.9 Å². The van der Waals surface area contributed by atoms with Crippen LogP contribution in [0.25, 0.3) is 0 Å². The number of rotatable bonds is 51. The van der Waals surface area contributed by atoms with Gasteiger partial charge < -0.3 is 14.2 Å². The number of carbonyl (C=O) groups is 3. The van der Waals surface area contributed by atoms with Gasteiger partial charge in [-0.3, -0.25) is 14.4 Å². The Morgan fingerprint density at radius 3 is 1.03 bits per heavy atom. The molecule has 0 aliphatic carbocycles. The summed E-state index contributed by atoms with van der Waals surface area (Å²) in [6.07, 6.45) is 72.8. The zero-order chi connectivity index (χ0) is 49.3. The van der Waals surface area contributed by atoms with Crippen LogP contribution >= 0.6 is 0 Å². The van der Waals surface area contributed by atoms with Crippen molar-refractivity contribution < 1.29 is 28.6 Å². The molecule has 1 atom stereocenters. The van der Waals surface area contributed by atoms with Gasteiger partial charge in [-0.15, -0.1) is 0 Å². The highest BCUT2D eigenvalue weighted by Gasteiger charge is 2.19. The molecule has 0 radical (unpaired) electrons. The normalized spacial score (nSPS) is 12.7. The monoisotopic (exact) mass is 947 g/mol. The van der Waals surface area contributed by atoms with Gasteiger partial charge in [-0.2, -0.15) is 0 Å². The maximum Gasteiger partial charge on any atom is 0.306 e. The summed E-state index contributed by atoms with van der Waals surface area (Å²) in [5.74, 6) is -0.918. The highest BCUT2D eigenvalue weighted by Crippen LogP contribution is 2.15. The summed E-state index contributed by atoms with van der Waals surface area (Å²) in [6, 6.07) is 0. The van der Waals surface area contributed by atoms with E-state index in [1.54, 1.807) is 0 Å². The molecule has 6 heteroatoms. The van der Waals surface area contributed by atoms with E-state index in [-0.39, 0.29) is 31.1 Å². The molecule has 0 amide bonds. The second kappa shape index (κ2) is 56.2. The molecule has 0 aliphatic heterocycles. The molecule has 0 spiro atoms. The Morgan fingerprint density at radius 2 is 0.618 bits per heavy atom. The lowest BCUT2D eigenvalue weighted by atomic mass is 10.0. The van der Waals surface area contributed by atoms with Gasteiger partial charge in [0.1, 0.15) is 13.2 Å². The van der Waals surface area contributed by atoms with Crippen LogP contribution in [0.15, 0.2) is 85.1 Å². The van der Waals surface area contributed by atoms with Gasteiger partial charge in [0.05, 0.1) is 0 Å². The molecule has 0 aromatic heterocycles. The molecule has 0 heterocycles. The average Bonchev–Trinajstić information content (AvgIpc) is 3.34. The molecule has 0 aromatic rings. The molecule has 0 aromatic carbocycles. The minimum atomic E-state index is -0.791. The summed E-state index contributed by atoms with van der Waals surface area (Å²) in [5, 5.41) is 0. The van der Waals surface area contributed by atoms with Gasteiger partial charge in [0.25, 0.3) is 0 Å². The van der Waals surface area contributed by atoms with Crippen LogP contribution in [0.5, 0.6) is 0 Å². The standard InChI is InChI=1S/C62H106O6/c1-4-7-10-13-16-19-22-25-27-29-31-33-35-37-40-43-46-49-52-55-61(64)67-58-59(57-66-60(63)54-51-48-45-42-39-24-21-18-15-12-9-6-3)68-62(65)56-53-50-47-44-41-38-36-34-32-30-28-26-23-20-17-14-11-8-5-2/h7,10,16-17,19-20,23,25-27,31,33,37,40,59H,4-6,8-9,11-15,18,21-22,24,28-30,32,34-36,38-39,41-58H2,1-3H3/b10-7-,19-16-,20-17-,26-23-,27-25-,33-31-,40-37-. The third-order valence-electron chi connectivity index (χ3n) is 12.2. The lowest BCUT2D eigenvalue weighted by Gasteiger charge is -2.18. The molecule has 390 valence electrons. The first-order valence-electron chi connectivity index (χ1n) is 28.6. The van der Waals surface area contributed by atoms with E-state index in [1.165, 1.54) is 135 Å². The number of ether oxygens (including phenoxy) is 3. The largest absolute Gasteiger partial charge is 0.462 e. The summed E-state index contributed by atoms with van der Waals surface area (Å²) >= 11 is 0. The van der Waals surface area contributed by atoms with Crippen LogP contribution in [0.3, 0.4) is 0 Å². The van der Waals surface area contributed by atoms with Crippen molar-refractivity contribution in [1.82, 2.24) is 0 Å². The van der Waals surface area contributed by atoms with Crippen LogP contribution in [0.2, 0.25) is 0 Å². The van der Waals surface area contributed by atoms with Crippen molar-refractivity contribution in [2.24, 2.45) is 0 Å². The summed E-state index contributed by atoms with van der Waals surface area (Å²) in [7, 11) is 0. The van der Waals surface area contributed by atoms with Crippen molar-refractivity contribution in [2.75, 3.05) is 13.2 Å². The van der Waals surface area contributed by atoms with Gasteiger partial charge in [0, 0.05) is 19.3 Å². The van der Waals surface area contributed by atoms with E-state index < -0.39 is 6.10 Å². The third kappa shape index (κ3) is 53.5. The number of hydrogen-bond acceptors (Lipinski definition) is 6. The van der Waals surface area contributed by atoms with Gasteiger partial charge in [0.15, 0.2) is 6.10 Å².